The van der Waals surface area contributed by atoms with Crippen LogP contribution in [0.2, 0.25) is 0 Å². The average Bonchev–Trinajstić information content (AvgIpc) is 3.74. The van der Waals surface area contributed by atoms with E-state index in [-0.39, 0.29) is 36.4 Å². The van der Waals surface area contributed by atoms with Crippen molar-refractivity contribution >= 4 is 11.8 Å². The van der Waals surface area contributed by atoms with Gasteiger partial charge in [0.25, 0.3) is 5.91 Å². The molecule has 4 N–H and O–H groups in total. The minimum absolute atomic E-state index is 0.00238. The Morgan fingerprint density at radius 1 is 1.16 bits per heavy atom. The quantitative estimate of drug-likeness (QED) is 0.319. The van der Waals surface area contributed by atoms with E-state index in [4.69, 9.17) is 5.10 Å². The molecule has 11 heteroatoms. The number of amides is 2. The van der Waals surface area contributed by atoms with Crippen molar-refractivity contribution in [3.05, 3.63) is 53.0 Å². The van der Waals surface area contributed by atoms with E-state index < -0.39 is 5.41 Å². The molecule has 2 saturated carbocycles. The number of likely N-dealkylation sites (tertiary alicyclic amines) is 1. The van der Waals surface area contributed by atoms with Crippen LogP contribution in [-0.2, 0) is 16.6 Å². The monoisotopic (exact) mass is 613 g/mol. The Balaban J connectivity index is 1.41. The molecule has 0 spiro atoms. The summed E-state index contributed by atoms with van der Waals surface area (Å²) in [5.74, 6) is 2.08. The van der Waals surface area contributed by atoms with Gasteiger partial charge in [-0.25, -0.2) is 0 Å². The molecule has 2 aromatic rings. The van der Waals surface area contributed by atoms with Gasteiger partial charge in [-0.1, -0.05) is 24.3 Å². The third-order valence-electron chi connectivity index (χ3n) is 11.5. The summed E-state index contributed by atoms with van der Waals surface area (Å²) < 4.78 is 0. The maximum atomic E-state index is 13.4. The number of carbonyl (C=O) groups excluding carboxylic acids is 2. The van der Waals surface area contributed by atoms with Crippen molar-refractivity contribution in [1.29, 1.82) is 5.26 Å². The molecule has 4 unspecified atom stereocenters. The number of tetrazole rings is 1. The zero-order valence-corrected chi connectivity index (χ0v) is 26.6. The number of allylic oxidation sites excluding steroid dienone is 1. The van der Waals surface area contributed by atoms with Crippen LogP contribution in [0.15, 0.2) is 30.5 Å². The molecular formula is C34H47N9O2. The van der Waals surface area contributed by atoms with E-state index in [1.807, 2.05) is 13.1 Å². The summed E-state index contributed by atoms with van der Waals surface area (Å²) in [6.45, 7) is 5.19. The predicted octanol–water partition coefficient (Wildman–Crippen LogP) is 3.22. The number of aryl methyl sites for hydroxylation is 1. The highest BCUT2D eigenvalue weighted by Crippen LogP contribution is 2.56. The first-order valence-corrected chi connectivity index (χ1v) is 16.8. The summed E-state index contributed by atoms with van der Waals surface area (Å²) in [5.41, 5.74) is 3.53. The van der Waals surface area contributed by atoms with E-state index in [0.717, 1.165) is 75.5 Å². The SMILES string of the molecule is C=C(NC)C1CCC2[C@@H](CCc3cc(C(=O)NC)ccc3C2(C[C@@H](NCC(=O)N2CCCC2C#N)C2CCC2)c2nn[nH]n2)C1. The molecular weight excluding hydrogens is 566 g/mol. The number of fused-ring (bicyclic) bond motifs is 2. The van der Waals surface area contributed by atoms with Crippen molar-refractivity contribution in [1.82, 2.24) is 41.5 Å². The molecule has 11 nitrogen and oxygen atoms in total. The van der Waals surface area contributed by atoms with Crippen LogP contribution in [-0.4, -0.2) is 76.6 Å². The summed E-state index contributed by atoms with van der Waals surface area (Å²) >= 11 is 0. The van der Waals surface area contributed by atoms with Gasteiger partial charge >= 0.3 is 0 Å². The van der Waals surface area contributed by atoms with Crippen LogP contribution in [0.3, 0.4) is 0 Å². The van der Waals surface area contributed by atoms with E-state index in [1.54, 1.807) is 11.9 Å². The van der Waals surface area contributed by atoms with Gasteiger partial charge in [0, 0.05) is 37.9 Å². The van der Waals surface area contributed by atoms with Gasteiger partial charge in [-0.15, -0.1) is 10.2 Å². The van der Waals surface area contributed by atoms with Crippen molar-refractivity contribution < 1.29 is 9.59 Å². The smallest absolute Gasteiger partial charge is 0.251 e. The van der Waals surface area contributed by atoms with Crippen LogP contribution in [0.1, 0.15) is 91.5 Å². The van der Waals surface area contributed by atoms with Gasteiger partial charge in [0.15, 0.2) is 5.82 Å². The first-order chi connectivity index (χ1) is 21.9. The Morgan fingerprint density at radius 3 is 2.69 bits per heavy atom. The summed E-state index contributed by atoms with van der Waals surface area (Å²) in [7, 11) is 3.62. The zero-order valence-electron chi connectivity index (χ0n) is 26.6. The van der Waals surface area contributed by atoms with Crippen molar-refractivity contribution in [2.24, 2.45) is 23.7 Å². The van der Waals surface area contributed by atoms with E-state index in [2.05, 4.69) is 56.3 Å². The van der Waals surface area contributed by atoms with Gasteiger partial charge in [0.1, 0.15) is 6.04 Å². The van der Waals surface area contributed by atoms with Crippen molar-refractivity contribution in [2.45, 2.75) is 88.1 Å². The molecule has 6 rings (SSSR count). The molecule has 1 aromatic carbocycles. The number of aromatic amines is 1. The molecule has 6 atom stereocenters. The molecule has 0 bridgehead atoms. The number of nitriles is 1. The Labute approximate surface area is 266 Å². The normalized spacial score (nSPS) is 28.5. The molecule has 3 aliphatic carbocycles. The number of carbonyl (C=O) groups is 2. The molecule has 2 heterocycles. The minimum atomic E-state index is -0.560. The van der Waals surface area contributed by atoms with Gasteiger partial charge in [-0.05, 0) is 111 Å². The molecule has 2 amide bonds. The fourth-order valence-corrected chi connectivity index (χ4v) is 8.92. The maximum Gasteiger partial charge on any atom is 0.251 e. The lowest BCUT2D eigenvalue weighted by molar-refractivity contribution is -0.130. The number of H-pyrrole nitrogens is 1. The van der Waals surface area contributed by atoms with Crippen molar-refractivity contribution in [3.8, 4) is 6.07 Å². The number of hydrogen-bond donors (Lipinski definition) is 4. The molecule has 0 radical (unpaired) electrons. The lowest BCUT2D eigenvalue weighted by atomic mass is 9.56. The van der Waals surface area contributed by atoms with Crippen LogP contribution < -0.4 is 16.0 Å². The van der Waals surface area contributed by atoms with Crippen LogP contribution >= 0.6 is 0 Å². The maximum absolute atomic E-state index is 13.4. The number of aromatic nitrogens is 4. The van der Waals surface area contributed by atoms with Crippen LogP contribution in [0.5, 0.6) is 0 Å². The molecule has 1 aromatic heterocycles. The van der Waals surface area contributed by atoms with Gasteiger partial charge < -0.3 is 20.9 Å². The highest BCUT2D eigenvalue weighted by atomic mass is 16.2. The first-order valence-electron chi connectivity index (χ1n) is 16.8. The largest absolute Gasteiger partial charge is 0.392 e. The topological polar surface area (TPSA) is 152 Å². The molecule has 1 saturated heterocycles. The Hall–Kier alpha value is -3.78. The zero-order chi connectivity index (χ0) is 31.6. The van der Waals surface area contributed by atoms with E-state index in [0.29, 0.717) is 35.7 Å². The fourth-order valence-electron chi connectivity index (χ4n) is 8.92. The number of hydrogen-bond acceptors (Lipinski definition) is 8. The van der Waals surface area contributed by atoms with Gasteiger partial charge in [-0.3, -0.25) is 9.59 Å². The van der Waals surface area contributed by atoms with Crippen molar-refractivity contribution in [2.75, 3.05) is 27.2 Å². The van der Waals surface area contributed by atoms with E-state index >= 15 is 0 Å². The predicted molar refractivity (Wildman–Crippen MR) is 170 cm³/mol. The van der Waals surface area contributed by atoms with E-state index in [1.165, 1.54) is 12.0 Å². The number of rotatable bonds is 10. The van der Waals surface area contributed by atoms with Crippen molar-refractivity contribution in [3.63, 3.8) is 0 Å². The highest BCUT2D eigenvalue weighted by Gasteiger charge is 2.54. The third-order valence-corrected chi connectivity index (χ3v) is 11.5. The Morgan fingerprint density at radius 2 is 2.00 bits per heavy atom. The Bertz CT molecular complexity index is 1430. The molecule has 4 aliphatic rings. The highest BCUT2D eigenvalue weighted by molar-refractivity contribution is 5.94. The summed E-state index contributed by atoms with van der Waals surface area (Å²) in [4.78, 5) is 27.9. The summed E-state index contributed by atoms with van der Waals surface area (Å²) in [5, 5.41) is 35.7. The second-order valence-corrected chi connectivity index (χ2v) is 13.6. The second kappa shape index (κ2) is 13.3. The fraction of sp³-hybridized carbons (Fsp3) is 0.647. The summed E-state index contributed by atoms with van der Waals surface area (Å²) in [6, 6.07) is 8.17. The Kier molecular flexibility index (Phi) is 9.22. The molecule has 1 aliphatic heterocycles. The van der Waals surface area contributed by atoms with Crippen LogP contribution in [0.4, 0.5) is 0 Å². The lowest BCUT2D eigenvalue weighted by Crippen LogP contribution is -2.53. The standard InChI is InChI=1S/C34H47N9O2/c1-21(36-2)23-11-13-28-24(16-23)9-10-25-17-26(32(45)37-3)12-14-29(25)34(28,33-39-41-42-40-33)18-30(22-6-4-7-22)38-20-31(44)43-15-5-8-27(43)19-35/h12,14,17,22-24,27-28,30,36,38H,1,4-11,13,15-16,18,20H2,2-3H3,(H,37,45)(H,39,40,41,42)/t23?,24-,27?,28?,30+,34?/m0/s1. The van der Waals surface area contributed by atoms with Gasteiger partial charge in [0.2, 0.25) is 5.91 Å². The van der Waals surface area contributed by atoms with Crippen LogP contribution in [0.25, 0.3) is 0 Å². The third kappa shape index (κ3) is 5.85. The summed E-state index contributed by atoms with van der Waals surface area (Å²) in [6.07, 6.45) is 10.7. The second-order valence-electron chi connectivity index (χ2n) is 13.6. The van der Waals surface area contributed by atoms with Gasteiger partial charge in [-0.2, -0.15) is 10.5 Å². The van der Waals surface area contributed by atoms with Crippen LogP contribution in [0, 0.1) is 35.0 Å². The van der Waals surface area contributed by atoms with E-state index in [9.17, 15) is 14.9 Å². The number of nitrogens with zero attached hydrogens (tertiary/aromatic N) is 5. The number of nitrogens with one attached hydrogen (secondary N) is 4. The van der Waals surface area contributed by atoms with Gasteiger partial charge in [0.05, 0.1) is 18.0 Å². The molecule has 45 heavy (non-hydrogen) atoms. The lowest BCUT2D eigenvalue weighted by Gasteiger charge is -2.49. The number of benzene rings is 1. The minimum Gasteiger partial charge on any atom is -0.392 e. The molecule has 240 valence electrons. The average molecular weight is 614 g/mol. The first kappa shape index (κ1) is 31.2. The molecule has 3 fully saturated rings.